The van der Waals surface area contributed by atoms with E-state index in [2.05, 4.69) is 0 Å². The number of hydrogen-bond donors (Lipinski definition) is 0. The molecular weight excluding hydrogens is 320 g/mol. The quantitative estimate of drug-likeness (QED) is 0.850. The molecule has 0 bridgehead atoms. The first-order chi connectivity index (χ1) is 8.88. The predicted molar refractivity (Wildman–Crippen MR) is 81.0 cm³/mol. The third-order valence-corrected chi connectivity index (χ3v) is 7.38. The molecule has 0 aliphatic heterocycles. The topological polar surface area (TPSA) is 68.3 Å². The fraction of sp³-hybridized carbons (Fsp3) is 0.385. The zero-order chi connectivity index (χ0) is 15.8. The largest absolute Gasteiger partial charge is 0.222 e. The summed E-state index contributed by atoms with van der Waals surface area (Å²) < 4.78 is 46.5. The van der Waals surface area contributed by atoms with Gasteiger partial charge in [0.1, 0.15) is 4.36 Å². The van der Waals surface area contributed by atoms with Crippen LogP contribution in [0.4, 0.5) is 0 Å². The monoisotopic (exact) mass is 336 g/mol. The van der Waals surface area contributed by atoms with E-state index in [9.17, 15) is 16.8 Å². The fourth-order valence-corrected chi connectivity index (χ4v) is 4.69. The Labute approximate surface area is 125 Å². The minimum atomic E-state index is -3.89. The lowest BCUT2D eigenvalue weighted by molar-refractivity contribution is 0.568. The van der Waals surface area contributed by atoms with Crippen molar-refractivity contribution in [1.29, 1.82) is 0 Å². The van der Waals surface area contributed by atoms with Crippen molar-refractivity contribution in [3.63, 3.8) is 0 Å². The molecule has 20 heavy (non-hydrogen) atoms. The maximum Gasteiger partial charge on any atom is 0.201 e. The van der Waals surface area contributed by atoms with Crippen LogP contribution in [0.15, 0.2) is 38.9 Å². The van der Waals surface area contributed by atoms with Crippen molar-refractivity contribution in [2.75, 3.05) is 0 Å². The van der Waals surface area contributed by atoms with Gasteiger partial charge in [0.05, 0.1) is 15.1 Å². The molecular formula is C13H17ClO4S2. The highest BCUT2D eigenvalue weighted by Crippen LogP contribution is 2.28. The summed E-state index contributed by atoms with van der Waals surface area (Å²) in [5.74, 6) is 0. The first-order valence-corrected chi connectivity index (χ1v) is 9.22. The molecule has 0 spiro atoms. The van der Waals surface area contributed by atoms with Crippen LogP contribution in [0.3, 0.4) is 0 Å². The van der Waals surface area contributed by atoms with Crippen molar-refractivity contribution in [2.45, 2.75) is 37.3 Å². The summed E-state index contributed by atoms with van der Waals surface area (Å²) in [6.07, 6.45) is 0. The van der Waals surface area contributed by atoms with Gasteiger partial charge in [0.2, 0.25) is 9.84 Å². The van der Waals surface area contributed by atoms with Gasteiger partial charge in [-0.25, -0.2) is 16.8 Å². The Hall–Kier alpha value is -0.850. The van der Waals surface area contributed by atoms with Gasteiger partial charge in [0.25, 0.3) is 0 Å². The van der Waals surface area contributed by atoms with Crippen LogP contribution in [0.25, 0.3) is 0 Å². The molecule has 0 aliphatic rings. The molecule has 0 unspecified atom stereocenters. The van der Waals surface area contributed by atoms with Gasteiger partial charge < -0.3 is 0 Å². The zero-order valence-electron chi connectivity index (χ0n) is 11.7. The Bertz CT molecular complexity index is 722. The van der Waals surface area contributed by atoms with Crippen LogP contribution in [0.5, 0.6) is 0 Å². The summed E-state index contributed by atoms with van der Waals surface area (Å²) in [5, 5.41) is 0.597. The van der Waals surface area contributed by atoms with Gasteiger partial charge in [-0.2, -0.15) is 0 Å². The van der Waals surface area contributed by atoms with E-state index in [0.29, 0.717) is 5.41 Å². The summed E-state index contributed by atoms with van der Waals surface area (Å²) >= 11 is 5.72. The van der Waals surface area contributed by atoms with Crippen LogP contribution in [-0.4, -0.2) is 21.6 Å². The molecule has 4 nitrogen and oxygen atoms in total. The summed E-state index contributed by atoms with van der Waals surface area (Å²) in [6.45, 7) is 6.19. The van der Waals surface area contributed by atoms with Crippen molar-refractivity contribution < 1.29 is 16.8 Å². The van der Waals surface area contributed by atoms with Crippen molar-refractivity contribution in [3.8, 4) is 0 Å². The van der Waals surface area contributed by atoms with Crippen molar-refractivity contribution >= 4 is 31.3 Å². The van der Waals surface area contributed by atoms with E-state index >= 15 is 0 Å². The van der Waals surface area contributed by atoms with Crippen LogP contribution in [0, 0.1) is 6.92 Å². The zero-order valence-corrected chi connectivity index (χ0v) is 14.1. The number of rotatable bonds is 3. The van der Waals surface area contributed by atoms with Gasteiger partial charge in [-0.15, -0.1) is 0 Å². The molecule has 0 atom stereocenters. The molecule has 0 fully saturated rings. The van der Waals surface area contributed by atoms with Crippen molar-refractivity contribution in [1.82, 2.24) is 0 Å². The summed E-state index contributed by atoms with van der Waals surface area (Å²) in [7, 11) is -7.77. The van der Waals surface area contributed by atoms with Crippen molar-refractivity contribution in [3.05, 3.63) is 39.6 Å². The normalized spacial score (nSPS) is 14.3. The Kier molecular flexibility index (Phi) is 4.73. The molecule has 1 aromatic carbocycles. The van der Waals surface area contributed by atoms with Gasteiger partial charge in [0, 0.05) is 0 Å². The van der Waals surface area contributed by atoms with Crippen LogP contribution in [0.1, 0.15) is 26.3 Å². The maximum atomic E-state index is 12.1. The predicted octanol–water partition coefficient (Wildman–Crippen LogP) is 3.02. The van der Waals surface area contributed by atoms with Gasteiger partial charge in [-0.1, -0.05) is 29.3 Å². The van der Waals surface area contributed by atoms with Crippen LogP contribution < -0.4 is 0 Å². The van der Waals surface area contributed by atoms with E-state index in [1.165, 1.54) is 32.9 Å². The summed E-state index contributed by atoms with van der Waals surface area (Å²) in [6, 6.07) is 6.09. The first kappa shape index (κ1) is 17.2. The van der Waals surface area contributed by atoms with E-state index in [4.69, 9.17) is 11.6 Å². The van der Waals surface area contributed by atoms with Crippen molar-refractivity contribution in [2.24, 2.45) is 0 Å². The number of halogens is 1. The SMILES string of the molecule is Cc1ccc(S(=O)(=O)/C=C(\Cl)S(=O)(=O)C(C)(C)C)cc1. The lowest BCUT2D eigenvalue weighted by atomic mass is 10.2. The lowest BCUT2D eigenvalue weighted by Gasteiger charge is -2.18. The Morgan fingerprint density at radius 2 is 1.50 bits per heavy atom. The number of benzene rings is 1. The van der Waals surface area contributed by atoms with Gasteiger partial charge in [0.15, 0.2) is 9.84 Å². The number of sulfone groups is 2. The number of hydrogen-bond acceptors (Lipinski definition) is 4. The molecule has 0 saturated carbocycles. The third kappa shape index (κ3) is 3.62. The van der Waals surface area contributed by atoms with E-state index in [-0.39, 0.29) is 4.90 Å². The Morgan fingerprint density at radius 3 is 1.90 bits per heavy atom. The maximum absolute atomic E-state index is 12.1. The number of aryl methyl sites for hydroxylation is 1. The molecule has 0 heterocycles. The standard InChI is InChI=1S/C13H17ClO4S2/c1-10-5-7-11(8-6-10)19(15,16)9-12(14)20(17,18)13(2,3)4/h5-9H,1-4H3/b12-9+. The molecule has 1 aromatic rings. The van der Waals surface area contributed by atoms with E-state index in [1.54, 1.807) is 12.1 Å². The smallest absolute Gasteiger partial charge is 0.201 e. The molecule has 0 aliphatic carbocycles. The second-order valence-electron chi connectivity index (χ2n) is 5.40. The van der Waals surface area contributed by atoms with Gasteiger partial charge in [-0.3, -0.25) is 0 Å². The average molecular weight is 337 g/mol. The van der Waals surface area contributed by atoms with Gasteiger partial charge >= 0.3 is 0 Å². The molecule has 0 amide bonds. The molecule has 1 rings (SSSR count). The van der Waals surface area contributed by atoms with Crippen LogP contribution in [0.2, 0.25) is 0 Å². The lowest BCUT2D eigenvalue weighted by Crippen LogP contribution is -2.28. The second-order valence-corrected chi connectivity index (χ2v) is 10.5. The van der Waals surface area contributed by atoms with Crippen LogP contribution >= 0.6 is 11.6 Å². The van der Waals surface area contributed by atoms with E-state index < -0.39 is 28.8 Å². The van der Waals surface area contributed by atoms with Gasteiger partial charge in [-0.05, 0) is 39.8 Å². The molecule has 0 saturated heterocycles. The fourth-order valence-electron chi connectivity index (χ4n) is 1.27. The Morgan fingerprint density at radius 1 is 1.05 bits per heavy atom. The summed E-state index contributed by atoms with van der Waals surface area (Å²) in [4.78, 5) is 0.00496. The first-order valence-electron chi connectivity index (χ1n) is 5.81. The minimum absolute atomic E-state index is 0.00496. The van der Waals surface area contributed by atoms with Crippen LogP contribution in [-0.2, 0) is 19.7 Å². The molecule has 0 aromatic heterocycles. The molecule has 0 radical (unpaired) electrons. The summed E-state index contributed by atoms with van der Waals surface area (Å²) in [5.41, 5.74) is 0.904. The van der Waals surface area contributed by atoms with E-state index in [1.807, 2.05) is 6.92 Å². The Balaban J connectivity index is 3.32. The molecule has 0 N–H and O–H groups in total. The highest BCUT2D eigenvalue weighted by atomic mass is 35.5. The third-order valence-electron chi connectivity index (χ3n) is 2.66. The highest BCUT2D eigenvalue weighted by Gasteiger charge is 2.33. The second kappa shape index (κ2) is 5.50. The molecule has 7 heteroatoms. The van der Waals surface area contributed by atoms with E-state index in [0.717, 1.165) is 5.56 Å². The molecule has 112 valence electrons. The highest BCUT2D eigenvalue weighted by molar-refractivity contribution is 8.00. The average Bonchev–Trinajstić information content (AvgIpc) is 2.27. The minimum Gasteiger partial charge on any atom is -0.222 e.